The van der Waals surface area contributed by atoms with Gasteiger partial charge in [-0.1, -0.05) is 11.8 Å². The molecule has 1 aliphatic rings. The minimum atomic E-state index is -0.172. The molecular weight excluding hydrogens is 308 g/mol. The van der Waals surface area contributed by atoms with Crippen molar-refractivity contribution in [1.82, 2.24) is 0 Å². The number of benzene rings is 2. The van der Waals surface area contributed by atoms with Crippen molar-refractivity contribution in [2.45, 2.75) is 9.79 Å². The van der Waals surface area contributed by atoms with Gasteiger partial charge in [-0.3, -0.25) is 9.69 Å². The van der Waals surface area contributed by atoms with E-state index in [4.69, 9.17) is 22.1 Å². The Morgan fingerprint density at radius 3 is 2.57 bits per heavy atom. The molecule has 0 fully saturated rings. The topological polar surface area (TPSA) is 55.6 Å². The van der Waals surface area contributed by atoms with Crippen LogP contribution in [0.2, 0.25) is 0 Å². The molecule has 0 aromatic heterocycles. The SMILES string of the molecule is COc1ccc2c(c1)Sc1cc(N)ccc1N2C(=O)CCl. The van der Waals surface area contributed by atoms with Gasteiger partial charge in [0, 0.05) is 15.5 Å². The average Bonchev–Trinajstić information content (AvgIpc) is 2.51. The van der Waals surface area contributed by atoms with E-state index in [9.17, 15) is 4.79 Å². The predicted molar refractivity (Wildman–Crippen MR) is 85.8 cm³/mol. The number of nitrogens with two attached hydrogens (primary N) is 1. The molecule has 0 unspecified atom stereocenters. The van der Waals surface area contributed by atoms with Gasteiger partial charge in [0.15, 0.2) is 0 Å². The van der Waals surface area contributed by atoms with Crippen LogP contribution in [-0.2, 0) is 4.79 Å². The van der Waals surface area contributed by atoms with Crippen LogP contribution in [0.4, 0.5) is 17.1 Å². The summed E-state index contributed by atoms with van der Waals surface area (Å²) in [4.78, 5) is 15.7. The molecule has 0 saturated carbocycles. The van der Waals surface area contributed by atoms with Crippen molar-refractivity contribution >= 4 is 46.3 Å². The van der Waals surface area contributed by atoms with Gasteiger partial charge in [0.1, 0.15) is 11.6 Å². The molecule has 108 valence electrons. The van der Waals surface area contributed by atoms with Crippen molar-refractivity contribution in [1.29, 1.82) is 0 Å². The van der Waals surface area contributed by atoms with E-state index >= 15 is 0 Å². The van der Waals surface area contributed by atoms with Crippen LogP contribution in [0.1, 0.15) is 0 Å². The summed E-state index contributed by atoms with van der Waals surface area (Å²) in [5.74, 6) is 0.487. The van der Waals surface area contributed by atoms with Gasteiger partial charge in [-0.25, -0.2) is 0 Å². The van der Waals surface area contributed by atoms with E-state index in [0.717, 1.165) is 26.9 Å². The number of nitrogen functional groups attached to an aromatic ring is 1. The van der Waals surface area contributed by atoms with Crippen LogP contribution in [-0.4, -0.2) is 18.9 Å². The number of methoxy groups -OCH3 is 1. The average molecular weight is 321 g/mol. The third-order valence-electron chi connectivity index (χ3n) is 3.22. The van der Waals surface area contributed by atoms with Gasteiger partial charge in [0.25, 0.3) is 0 Å². The van der Waals surface area contributed by atoms with Gasteiger partial charge in [-0.15, -0.1) is 11.6 Å². The minimum absolute atomic E-state index is 0.0834. The summed E-state index contributed by atoms with van der Waals surface area (Å²) in [5, 5.41) is 0. The van der Waals surface area contributed by atoms with Crippen molar-refractivity contribution in [3.05, 3.63) is 36.4 Å². The quantitative estimate of drug-likeness (QED) is 0.678. The molecule has 0 atom stereocenters. The smallest absolute Gasteiger partial charge is 0.246 e. The molecule has 2 aromatic rings. The molecule has 3 rings (SSSR count). The summed E-state index contributed by atoms with van der Waals surface area (Å²) in [5.41, 5.74) is 8.11. The molecule has 0 saturated heterocycles. The molecule has 1 heterocycles. The van der Waals surface area contributed by atoms with Crippen LogP contribution in [0.15, 0.2) is 46.2 Å². The number of amides is 1. The molecular formula is C15H13ClN2O2S. The highest BCUT2D eigenvalue weighted by atomic mass is 35.5. The molecule has 4 nitrogen and oxygen atoms in total. The third kappa shape index (κ3) is 2.43. The zero-order valence-electron chi connectivity index (χ0n) is 11.3. The van der Waals surface area contributed by atoms with E-state index in [-0.39, 0.29) is 11.8 Å². The standard InChI is InChI=1S/C15H13ClN2O2S/c1-20-10-3-5-12-14(7-10)21-13-6-9(17)2-4-11(13)18(12)15(19)8-16/h2-7H,8,17H2,1H3. The second-order valence-corrected chi connectivity index (χ2v) is 5.88. The number of ether oxygens (including phenoxy) is 1. The van der Waals surface area contributed by atoms with Gasteiger partial charge in [-0.05, 0) is 36.4 Å². The van der Waals surface area contributed by atoms with Crippen LogP contribution in [0.5, 0.6) is 5.75 Å². The Balaban J connectivity index is 2.18. The fourth-order valence-electron chi connectivity index (χ4n) is 2.26. The van der Waals surface area contributed by atoms with Crippen molar-refractivity contribution in [3.63, 3.8) is 0 Å². The maximum absolute atomic E-state index is 12.3. The number of carbonyl (C=O) groups excluding carboxylic acids is 1. The summed E-state index contributed by atoms with van der Waals surface area (Å²) in [6.07, 6.45) is 0. The summed E-state index contributed by atoms with van der Waals surface area (Å²) in [6.45, 7) is 0. The molecule has 2 N–H and O–H groups in total. The van der Waals surface area contributed by atoms with E-state index in [0.29, 0.717) is 5.69 Å². The first-order valence-corrected chi connectivity index (χ1v) is 7.63. The summed E-state index contributed by atoms with van der Waals surface area (Å²) in [7, 11) is 1.61. The molecule has 0 spiro atoms. The van der Waals surface area contributed by atoms with Crippen molar-refractivity contribution in [2.24, 2.45) is 0 Å². The van der Waals surface area contributed by atoms with E-state index in [1.807, 2.05) is 30.3 Å². The number of hydrogen-bond acceptors (Lipinski definition) is 4. The van der Waals surface area contributed by atoms with Crippen LogP contribution < -0.4 is 15.4 Å². The molecule has 21 heavy (non-hydrogen) atoms. The molecule has 0 bridgehead atoms. The predicted octanol–water partition coefficient (Wildman–Crippen LogP) is 3.65. The van der Waals surface area contributed by atoms with E-state index in [1.165, 1.54) is 0 Å². The number of hydrogen-bond donors (Lipinski definition) is 1. The largest absolute Gasteiger partial charge is 0.497 e. The first-order valence-electron chi connectivity index (χ1n) is 6.28. The number of fused-ring (bicyclic) bond motifs is 2. The number of rotatable bonds is 2. The maximum atomic E-state index is 12.3. The number of anilines is 3. The number of alkyl halides is 1. The molecule has 1 amide bonds. The number of carbonyl (C=O) groups is 1. The van der Waals surface area contributed by atoms with Gasteiger partial charge in [0.2, 0.25) is 5.91 Å². The lowest BCUT2D eigenvalue weighted by atomic mass is 10.2. The molecule has 6 heteroatoms. The van der Waals surface area contributed by atoms with E-state index < -0.39 is 0 Å². The third-order valence-corrected chi connectivity index (χ3v) is 4.54. The Morgan fingerprint density at radius 2 is 1.90 bits per heavy atom. The minimum Gasteiger partial charge on any atom is -0.497 e. The van der Waals surface area contributed by atoms with Crippen molar-refractivity contribution in [3.8, 4) is 5.75 Å². The van der Waals surface area contributed by atoms with Crippen molar-refractivity contribution in [2.75, 3.05) is 23.6 Å². The van der Waals surface area contributed by atoms with Gasteiger partial charge in [-0.2, -0.15) is 0 Å². The van der Waals surface area contributed by atoms with Crippen molar-refractivity contribution < 1.29 is 9.53 Å². The van der Waals surface area contributed by atoms with Crippen LogP contribution >= 0.6 is 23.4 Å². The second-order valence-electron chi connectivity index (χ2n) is 4.53. The van der Waals surface area contributed by atoms with Crippen LogP contribution in [0, 0.1) is 0 Å². The molecule has 0 radical (unpaired) electrons. The Labute approximate surface area is 131 Å². The zero-order valence-corrected chi connectivity index (χ0v) is 12.9. The lowest BCUT2D eigenvalue weighted by molar-refractivity contribution is -0.115. The fourth-order valence-corrected chi connectivity index (χ4v) is 3.52. The van der Waals surface area contributed by atoms with E-state index in [1.54, 1.807) is 29.8 Å². The first kappa shape index (κ1) is 14.1. The highest BCUT2D eigenvalue weighted by Gasteiger charge is 2.28. The van der Waals surface area contributed by atoms with E-state index in [2.05, 4.69) is 0 Å². The highest BCUT2D eigenvalue weighted by Crippen LogP contribution is 2.49. The Morgan fingerprint density at radius 1 is 1.24 bits per heavy atom. The lowest BCUT2D eigenvalue weighted by Gasteiger charge is -2.31. The Bertz CT molecular complexity index is 721. The van der Waals surface area contributed by atoms with Gasteiger partial charge < -0.3 is 10.5 Å². The molecule has 2 aromatic carbocycles. The van der Waals surface area contributed by atoms with Gasteiger partial charge in [0.05, 0.1) is 18.5 Å². The summed E-state index contributed by atoms with van der Waals surface area (Å²) in [6, 6.07) is 11.1. The van der Waals surface area contributed by atoms with Crippen LogP contribution in [0.25, 0.3) is 0 Å². The van der Waals surface area contributed by atoms with Crippen LogP contribution in [0.3, 0.4) is 0 Å². The maximum Gasteiger partial charge on any atom is 0.246 e. The monoisotopic (exact) mass is 320 g/mol. The first-order chi connectivity index (χ1) is 10.1. The normalized spacial score (nSPS) is 12.6. The lowest BCUT2D eigenvalue weighted by Crippen LogP contribution is -2.29. The number of nitrogens with zero attached hydrogens (tertiary/aromatic N) is 1. The zero-order chi connectivity index (χ0) is 15.0. The molecule has 0 aliphatic carbocycles. The fraction of sp³-hybridized carbons (Fsp3) is 0.133. The molecule has 1 aliphatic heterocycles. The summed E-state index contributed by atoms with van der Waals surface area (Å²) >= 11 is 7.32. The Hall–Kier alpha value is -1.85. The highest BCUT2D eigenvalue weighted by molar-refractivity contribution is 7.99. The van der Waals surface area contributed by atoms with Gasteiger partial charge >= 0.3 is 0 Å². The second kappa shape index (κ2) is 5.50. The summed E-state index contributed by atoms with van der Waals surface area (Å²) < 4.78 is 5.25. The Kier molecular flexibility index (Phi) is 3.69. The number of halogens is 1.